The molecule has 30 heavy (non-hydrogen) atoms. The lowest BCUT2D eigenvalue weighted by atomic mass is 9.77. The first kappa shape index (κ1) is 22.7. The number of benzene rings is 2. The second-order valence-electron chi connectivity index (χ2n) is 8.70. The molecule has 0 spiro atoms. The van der Waals surface area contributed by atoms with E-state index in [1.165, 1.54) is 26.2 Å². The topological polar surface area (TPSA) is 47.9 Å². The van der Waals surface area contributed by atoms with Gasteiger partial charge in [-0.1, -0.05) is 24.3 Å². The van der Waals surface area contributed by atoms with E-state index >= 15 is 0 Å². The van der Waals surface area contributed by atoms with Gasteiger partial charge in [0.05, 0.1) is 23.9 Å². The van der Waals surface area contributed by atoms with Crippen LogP contribution >= 0.6 is 0 Å². The average Bonchev–Trinajstić information content (AvgIpc) is 2.88. The number of hydrogen-bond acceptors (Lipinski definition) is 4. The summed E-state index contributed by atoms with van der Waals surface area (Å²) in [6, 6.07) is 9.68. The summed E-state index contributed by atoms with van der Waals surface area (Å²) in [4.78, 5) is 0. The molecule has 1 aliphatic rings. The van der Waals surface area contributed by atoms with E-state index < -0.39 is 35.7 Å². The fourth-order valence-corrected chi connectivity index (χ4v) is 3.39. The van der Waals surface area contributed by atoms with Gasteiger partial charge >= 0.3 is 13.3 Å². The molecule has 0 saturated carbocycles. The van der Waals surface area contributed by atoms with E-state index in [2.05, 4.69) is 0 Å². The third kappa shape index (κ3) is 3.96. The highest BCUT2D eigenvalue weighted by molar-refractivity contribution is 6.62. The van der Waals surface area contributed by atoms with Gasteiger partial charge in [0, 0.05) is 5.56 Å². The summed E-state index contributed by atoms with van der Waals surface area (Å²) in [5.74, 6) is 0.324. The van der Waals surface area contributed by atoms with E-state index in [4.69, 9.17) is 14.0 Å². The Morgan fingerprint density at radius 2 is 1.50 bits per heavy atom. The van der Waals surface area contributed by atoms with Crippen LogP contribution in [0.15, 0.2) is 42.5 Å². The molecule has 1 aliphatic heterocycles. The van der Waals surface area contributed by atoms with Crippen molar-refractivity contribution in [2.24, 2.45) is 0 Å². The van der Waals surface area contributed by atoms with Gasteiger partial charge < -0.3 is 19.2 Å². The van der Waals surface area contributed by atoms with Gasteiger partial charge in [-0.25, -0.2) is 0 Å². The van der Waals surface area contributed by atoms with Crippen LogP contribution in [0.4, 0.5) is 13.2 Å². The lowest BCUT2D eigenvalue weighted by molar-refractivity contribution is -0.137. The highest BCUT2D eigenvalue weighted by atomic mass is 19.4. The van der Waals surface area contributed by atoms with Gasteiger partial charge in [-0.15, -0.1) is 0 Å². The molecule has 8 heteroatoms. The van der Waals surface area contributed by atoms with Crippen LogP contribution < -0.4 is 10.2 Å². The monoisotopic (exact) mass is 422 g/mol. The van der Waals surface area contributed by atoms with Gasteiger partial charge in [-0.3, -0.25) is 0 Å². The van der Waals surface area contributed by atoms with E-state index in [9.17, 15) is 18.3 Å². The molecule has 0 aromatic heterocycles. The molecular weight excluding hydrogens is 396 g/mol. The predicted octanol–water partition coefficient (Wildman–Crippen LogP) is 4.27. The quantitative estimate of drug-likeness (QED) is 0.748. The van der Waals surface area contributed by atoms with E-state index in [-0.39, 0.29) is 5.56 Å². The maximum absolute atomic E-state index is 13.1. The van der Waals surface area contributed by atoms with E-state index in [0.717, 1.165) is 12.1 Å². The molecule has 1 atom stereocenters. The van der Waals surface area contributed by atoms with Crippen molar-refractivity contribution >= 4 is 12.6 Å². The van der Waals surface area contributed by atoms with E-state index in [1.54, 1.807) is 18.2 Å². The third-order valence-electron chi connectivity index (χ3n) is 6.03. The average molecular weight is 422 g/mol. The first-order valence-electron chi connectivity index (χ1n) is 9.63. The lowest BCUT2D eigenvalue weighted by Gasteiger charge is -2.32. The normalized spacial score (nSPS) is 20.1. The van der Waals surface area contributed by atoms with Gasteiger partial charge in [0.1, 0.15) is 11.4 Å². The van der Waals surface area contributed by atoms with Crippen LogP contribution in [-0.4, -0.2) is 30.5 Å². The molecular formula is C22H26BF3O4. The number of rotatable bonds is 4. The highest BCUT2D eigenvalue weighted by Gasteiger charge is 2.52. The minimum atomic E-state index is -4.50. The maximum Gasteiger partial charge on any atom is 0.494 e. The van der Waals surface area contributed by atoms with Crippen molar-refractivity contribution in [3.8, 4) is 5.75 Å². The zero-order valence-corrected chi connectivity index (χ0v) is 17.9. The van der Waals surface area contributed by atoms with Crippen molar-refractivity contribution < 1.29 is 32.3 Å². The number of aliphatic hydroxyl groups is 1. The molecule has 0 aliphatic carbocycles. The maximum atomic E-state index is 13.1. The van der Waals surface area contributed by atoms with Crippen molar-refractivity contribution in [1.29, 1.82) is 0 Å². The minimum Gasteiger partial charge on any atom is -0.496 e. The second-order valence-corrected chi connectivity index (χ2v) is 8.70. The van der Waals surface area contributed by atoms with Crippen LogP contribution in [-0.2, 0) is 21.1 Å². The summed E-state index contributed by atoms with van der Waals surface area (Å²) in [6.45, 7) is 9.21. The van der Waals surface area contributed by atoms with E-state index in [0.29, 0.717) is 16.8 Å². The van der Waals surface area contributed by atoms with Crippen molar-refractivity contribution in [3.05, 3.63) is 59.2 Å². The van der Waals surface area contributed by atoms with Crippen LogP contribution in [0.25, 0.3) is 0 Å². The molecule has 0 amide bonds. The zero-order valence-electron chi connectivity index (χ0n) is 17.9. The van der Waals surface area contributed by atoms with Gasteiger partial charge in [-0.2, -0.15) is 13.2 Å². The number of methoxy groups -OCH3 is 1. The zero-order chi connectivity index (χ0) is 22.5. The summed E-state index contributed by atoms with van der Waals surface area (Å²) >= 11 is 0. The molecule has 1 fully saturated rings. The molecule has 0 bridgehead atoms. The predicted molar refractivity (Wildman–Crippen MR) is 109 cm³/mol. The lowest BCUT2D eigenvalue weighted by Crippen LogP contribution is -2.41. The first-order valence-corrected chi connectivity index (χ1v) is 9.63. The highest BCUT2D eigenvalue weighted by Crippen LogP contribution is 2.39. The molecule has 1 unspecified atom stereocenters. The second kappa shape index (κ2) is 7.29. The molecule has 2 aromatic rings. The van der Waals surface area contributed by atoms with Crippen molar-refractivity contribution in [1.82, 2.24) is 0 Å². The summed E-state index contributed by atoms with van der Waals surface area (Å²) in [6.07, 6.45) is -4.50. The summed E-state index contributed by atoms with van der Waals surface area (Å²) < 4.78 is 56.9. The number of halogens is 3. The fraction of sp³-hybridized carbons (Fsp3) is 0.455. The standard InChI is InChI=1S/C22H26BF3O4/c1-19(2)20(3,4)30-23(29-19)16-10-11-17(18(13-16)28-6)21(5,27)14-8-7-9-15(12-14)22(24,25)26/h7-13,27H,1-6H3. The Bertz CT molecular complexity index is 922. The Morgan fingerprint density at radius 3 is 2.03 bits per heavy atom. The molecule has 3 rings (SSSR count). The van der Waals surface area contributed by atoms with Crippen LogP contribution in [0.1, 0.15) is 51.3 Å². The Labute approximate surface area is 175 Å². The molecule has 1 heterocycles. The Balaban J connectivity index is 1.99. The van der Waals surface area contributed by atoms with Gasteiger partial charge in [0.15, 0.2) is 0 Å². The SMILES string of the molecule is COc1cc(B2OC(C)(C)C(C)(C)O2)ccc1C(C)(O)c1cccc(C(F)(F)F)c1. The number of alkyl halides is 3. The molecule has 162 valence electrons. The first-order chi connectivity index (χ1) is 13.7. The Kier molecular flexibility index (Phi) is 5.50. The van der Waals surface area contributed by atoms with Crippen LogP contribution in [0.2, 0.25) is 0 Å². The van der Waals surface area contributed by atoms with Crippen molar-refractivity contribution in [2.75, 3.05) is 7.11 Å². The molecule has 0 radical (unpaired) electrons. The van der Waals surface area contributed by atoms with Crippen molar-refractivity contribution in [3.63, 3.8) is 0 Å². The van der Waals surface area contributed by atoms with Gasteiger partial charge in [0.2, 0.25) is 0 Å². The van der Waals surface area contributed by atoms with Crippen LogP contribution in [0.5, 0.6) is 5.75 Å². The Morgan fingerprint density at radius 1 is 0.933 bits per heavy atom. The minimum absolute atomic E-state index is 0.110. The van der Waals surface area contributed by atoms with Crippen LogP contribution in [0, 0.1) is 0 Å². The van der Waals surface area contributed by atoms with Gasteiger partial charge in [-0.05, 0) is 63.8 Å². The molecule has 1 saturated heterocycles. The number of hydrogen-bond donors (Lipinski definition) is 1. The molecule has 4 nitrogen and oxygen atoms in total. The molecule has 1 N–H and O–H groups in total. The Hall–Kier alpha value is -2.03. The van der Waals surface area contributed by atoms with Gasteiger partial charge in [0.25, 0.3) is 0 Å². The van der Waals surface area contributed by atoms with Crippen LogP contribution in [0.3, 0.4) is 0 Å². The van der Waals surface area contributed by atoms with Crippen molar-refractivity contribution in [2.45, 2.75) is 57.6 Å². The number of ether oxygens (including phenoxy) is 1. The smallest absolute Gasteiger partial charge is 0.494 e. The summed E-state index contributed by atoms with van der Waals surface area (Å²) in [5, 5.41) is 11.2. The van der Waals surface area contributed by atoms with E-state index in [1.807, 2.05) is 27.7 Å². The largest absolute Gasteiger partial charge is 0.496 e. The molecule has 2 aromatic carbocycles. The fourth-order valence-electron chi connectivity index (χ4n) is 3.39. The third-order valence-corrected chi connectivity index (χ3v) is 6.03. The summed E-state index contributed by atoms with van der Waals surface area (Å²) in [5.41, 5.74) is -2.44. The summed E-state index contributed by atoms with van der Waals surface area (Å²) in [7, 11) is 0.811.